The van der Waals surface area contributed by atoms with Crippen LogP contribution in [0.2, 0.25) is 0 Å². The second-order valence-electron chi connectivity index (χ2n) is 5.84. The highest BCUT2D eigenvalue weighted by Crippen LogP contribution is 2.13. The fraction of sp³-hybridized carbons (Fsp3) is 0.938. The minimum Gasteiger partial charge on any atom is -0.463 e. The molecule has 1 rings (SSSR count). The Morgan fingerprint density at radius 1 is 1.32 bits per heavy atom. The van der Waals surface area contributed by atoms with Gasteiger partial charge in [-0.25, -0.2) is 0 Å². The topological polar surface area (TPSA) is 38.3 Å². The predicted molar refractivity (Wildman–Crippen MR) is 79.2 cm³/mol. The molecule has 0 aromatic heterocycles. The highest BCUT2D eigenvalue weighted by atomic mass is 16.5. The number of carbonyl (C=O) groups excluding carboxylic acids is 1. The lowest BCUT2D eigenvalue weighted by molar-refractivity contribution is -0.148. The fourth-order valence-corrected chi connectivity index (χ4v) is 2.66. The molecule has 0 spiro atoms. The van der Waals surface area contributed by atoms with Gasteiger partial charge in [0.05, 0.1) is 6.10 Å². The van der Waals surface area contributed by atoms with Crippen molar-refractivity contribution in [1.82, 2.24) is 5.32 Å². The van der Waals surface area contributed by atoms with Gasteiger partial charge >= 0.3 is 5.97 Å². The monoisotopic (exact) mass is 269 g/mol. The van der Waals surface area contributed by atoms with Gasteiger partial charge in [-0.05, 0) is 45.6 Å². The molecule has 1 fully saturated rings. The van der Waals surface area contributed by atoms with Crippen LogP contribution in [0.25, 0.3) is 0 Å². The highest BCUT2D eigenvalue weighted by molar-refractivity contribution is 5.69. The summed E-state index contributed by atoms with van der Waals surface area (Å²) in [6.45, 7) is 5.33. The number of hydrogen-bond acceptors (Lipinski definition) is 3. The number of unbranched alkanes of at least 4 members (excludes halogenated alkanes) is 3. The minimum atomic E-state index is -0.0182. The SMILES string of the molecule is CCCCCCC(C)OC(=O)CCC1CCCCN1. The van der Waals surface area contributed by atoms with E-state index in [2.05, 4.69) is 12.2 Å². The van der Waals surface area contributed by atoms with Crippen LogP contribution in [0.3, 0.4) is 0 Å². The first kappa shape index (κ1) is 16.5. The number of hydrogen-bond donors (Lipinski definition) is 1. The van der Waals surface area contributed by atoms with E-state index >= 15 is 0 Å². The van der Waals surface area contributed by atoms with E-state index < -0.39 is 0 Å². The molecule has 1 aliphatic rings. The summed E-state index contributed by atoms with van der Waals surface area (Å²) < 4.78 is 5.45. The molecule has 0 aliphatic carbocycles. The zero-order chi connectivity index (χ0) is 13.9. The van der Waals surface area contributed by atoms with Crippen molar-refractivity contribution < 1.29 is 9.53 Å². The van der Waals surface area contributed by atoms with Crippen LogP contribution in [-0.4, -0.2) is 24.7 Å². The molecule has 2 atom stereocenters. The molecule has 1 aliphatic heterocycles. The molecule has 0 saturated carbocycles. The van der Waals surface area contributed by atoms with E-state index in [1.54, 1.807) is 0 Å². The third kappa shape index (κ3) is 8.25. The Balaban J connectivity index is 2.02. The van der Waals surface area contributed by atoms with Crippen LogP contribution >= 0.6 is 0 Å². The second-order valence-corrected chi connectivity index (χ2v) is 5.84. The van der Waals surface area contributed by atoms with Gasteiger partial charge in [-0.15, -0.1) is 0 Å². The molecule has 1 saturated heterocycles. The van der Waals surface area contributed by atoms with Gasteiger partial charge in [0.1, 0.15) is 0 Å². The van der Waals surface area contributed by atoms with E-state index in [1.165, 1.54) is 44.9 Å². The van der Waals surface area contributed by atoms with Crippen LogP contribution in [0.5, 0.6) is 0 Å². The number of esters is 1. The third-order valence-electron chi connectivity index (χ3n) is 3.91. The number of ether oxygens (including phenoxy) is 1. The maximum atomic E-state index is 11.7. The van der Waals surface area contributed by atoms with Crippen molar-refractivity contribution in [3.63, 3.8) is 0 Å². The number of nitrogens with one attached hydrogen (secondary N) is 1. The molecule has 1 N–H and O–H groups in total. The van der Waals surface area contributed by atoms with Crippen molar-refractivity contribution in [1.29, 1.82) is 0 Å². The quantitative estimate of drug-likeness (QED) is 0.511. The van der Waals surface area contributed by atoms with Gasteiger partial charge in [-0.3, -0.25) is 4.79 Å². The van der Waals surface area contributed by atoms with Crippen LogP contribution in [-0.2, 0) is 9.53 Å². The number of piperidine rings is 1. The average molecular weight is 269 g/mol. The van der Waals surface area contributed by atoms with E-state index in [1.807, 2.05) is 6.92 Å². The van der Waals surface area contributed by atoms with Gasteiger partial charge in [0.25, 0.3) is 0 Å². The third-order valence-corrected chi connectivity index (χ3v) is 3.91. The van der Waals surface area contributed by atoms with Crippen LogP contribution < -0.4 is 5.32 Å². The standard InChI is InChI=1S/C16H31NO2/c1-3-4-5-6-9-14(2)19-16(18)12-11-15-10-7-8-13-17-15/h14-15,17H,3-13H2,1-2H3. The number of carbonyl (C=O) groups is 1. The van der Waals surface area contributed by atoms with E-state index in [-0.39, 0.29) is 12.1 Å². The van der Waals surface area contributed by atoms with Gasteiger partial charge in [0.15, 0.2) is 0 Å². The maximum Gasteiger partial charge on any atom is 0.306 e. The van der Waals surface area contributed by atoms with E-state index in [9.17, 15) is 4.79 Å². The maximum absolute atomic E-state index is 11.7. The van der Waals surface area contributed by atoms with Crippen molar-refractivity contribution >= 4 is 5.97 Å². The Morgan fingerprint density at radius 3 is 2.84 bits per heavy atom. The van der Waals surface area contributed by atoms with Gasteiger partial charge in [-0.2, -0.15) is 0 Å². The van der Waals surface area contributed by atoms with Crippen LogP contribution in [0, 0.1) is 0 Å². The van der Waals surface area contributed by atoms with E-state index in [0.29, 0.717) is 12.5 Å². The zero-order valence-electron chi connectivity index (χ0n) is 12.7. The van der Waals surface area contributed by atoms with E-state index in [0.717, 1.165) is 19.4 Å². The number of rotatable bonds is 9. The summed E-state index contributed by atoms with van der Waals surface area (Å²) in [5.74, 6) is -0.0182. The summed E-state index contributed by atoms with van der Waals surface area (Å²) in [5, 5.41) is 3.47. The van der Waals surface area contributed by atoms with E-state index in [4.69, 9.17) is 4.74 Å². The summed E-state index contributed by atoms with van der Waals surface area (Å²) in [7, 11) is 0. The first-order valence-corrected chi connectivity index (χ1v) is 8.15. The molecular formula is C16H31NO2. The molecule has 19 heavy (non-hydrogen) atoms. The lowest BCUT2D eigenvalue weighted by Crippen LogP contribution is -2.34. The summed E-state index contributed by atoms with van der Waals surface area (Å²) in [6.07, 6.45) is 11.3. The molecule has 0 amide bonds. The molecule has 0 bridgehead atoms. The van der Waals surface area contributed by atoms with Crippen molar-refractivity contribution in [3.8, 4) is 0 Å². The van der Waals surface area contributed by atoms with Gasteiger partial charge in [0.2, 0.25) is 0 Å². The average Bonchev–Trinajstić information content (AvgIpc) is 2.42. The molecule has 3 nitrogen and oxygen atoms in total. The lowest BCUT2D eigenvalue weighted by Gasteiger charge is -2.23. The van der Waals surface area contributed by atoms with Gasteiger partial charge in [0, 0.05) is 12.5 Å². The molecule has 2 unspecified atom stereocenters. The van der Waals surface area contributed by atoms with Crippen molar-refractivity contribution in [3.05, 3.63) is 0 Å². The van der Waals surface area contributed by atoms with Gasteiger partial charge in [-0.1, -0.05) is 32.6 Å². The van der Waals surface area contributed by atoms with Gasteiger partial charge < -0.3 is 10.1 Å². The summed E-state index contributed by atoms with van der Waals surface area (Å²) in [6, 6.07) is 0.529. The molecule has 112 valence electrons. The Hall–Kier alpha value is -0.570. The minimum absolute atomic E-state index is 0.0182. The molecule has 0 aromatic rings. The lowest BCUT2D eigenvalue weighted by atomic mass is 10.0. The van der Waals surface area contributed by atoms with Crippen LogP contribution in [0.4, 0.5) is 0 Å². The Labute approximate surface area is 118 Å². The Kier molecular flexibility index (Phi) is 8.89. The smallest absolute Gasteiger partial charge is 0.306 e. The second kappa shape index (κ2) is 10.2. The highest BCUT2D eigenvalue weighted by Gasteiger charge is 2.15. The Bertz CT molecular complexity index is 237. The molecule has 3 heteroatoms. The molecule has 1 heterocycles. The van der Waals surface area contributed by atoms with Crippen LogP contribution in [0.1, 0.15) is 78.1 Å². The largest absolute Gasteiger partial charge is 0.463 e. The first-order chi connectivity index (χ1) is 9.22. The zero-order valence-corrected chi connectivity index (χ0v) is 12.7. The van der Waals surface area contributed by atoms with Crippen LogP contribution in [0.15, 0.2) is 0 Å². The van der Waals surface area contributed by atoms with Crippen molar-refractivity contribution in [2.24, 2.45) is 0 Å². The normalized spacial score (nSPS) is 21.1. The summed E-state index contributed by atoms with van der Waals surface area (Å²) in [5.41, 5.74) is 0. The summed E-state index contributed by atoms with van der Waals surface area (Å²) >= 11 is 0. The van der Waals surface area contributed by atoms with Crippen molar-refractivity contribution in [2.75, 3.05) is 6.54 Å². The first-order valence-electron chi connectivity index (χ1n) is 8.15. The van der Waals surface area contributed by atoms with Crippen molar-refractivity contribution in [2.45, 2.75) is 90.2 Å². The predicted octanol–water partition coefficient (Wildman–Crippen LogP) is 3.81. The summed E-state index contributed by atoms with van der Waals surface area (Å²) in [4.78, 5) is 11.7. The molecule has 0 aromatic carbocycles. The fourth-order valence-electron chi connectivity index (χ4n) is 2.66. The molecular weight excluding hydrogens is 238 g/mol. The molecule has 0 radical (unpaired) electrons. The Morgan fingerprint density at radius 2 is 2.16 bits per heavy atom.